The third kappa shape index (κ3) is 7.06. The van der Waals surface area contributed by atoms with Crippen molar-refractivity contribution in [1.29, 1.82) is 0 Å². The second-order valence-electron chi connectivity index (χ2n) is 8.83. The molecule has 2 aliphatic carbocycles. The number of hydrogen-bond donors (Lipinski definition) is 2. The number of carbonyl (C=O) groups is 2. The van der Waals surface area contributed by atoms with Gasteiger partial charge in [-0.15, -0.1) is 0 Å². The molecule has 4 heteroatoms. The molecule has 0 heterocycles. The highest BCUT2D eigenvalue weighted by Crippen LogP contribution is 2.49. The summed E-state index contributed by atoms with van der Waals surface area (Å²) in [6.07, 6.45) is 16.7. The van der Waals surface area contributed by atoms with Gasteiger partial charge in [0.25, 0.3) is 0 Å². The lowest BCUT2D eigenvalue weighted by Crippen LogP contribution is -2.38. The van der Waals surface area contributed by atoms with Crippen LogP contribution in [0.3, 0.4) is 0 Å². The first-order chi connectivity index (χ1) is 12.9. The quantitative estimate of drug-likeness (QED) is 0.358. The smallest absolute Gasteiger partial charge is 0.303 e. The Morgan fingerprint density at radius 1 is 1.19 bits per heavy atom. The van der Waals surface area contributed by atoms with E-state index in [4.69, 9.17) is 5.11 Å². The fraction of sp³-hybridized carbons (Fsp3) is 0.826. The molecule has 2 fully saturated rings. The molecule has 4 atom stereocenters. The van der Waals surface area contributed by atoms with Crippen molar-refractivity contribution in [2.75, 3.05) is 0 Å². The molecule has 2 N–H and O–H groups in total. The van der Waals surface area contributed by atoms with Gasteiger partial charge in [0.15, 0.2) is 0 Å². The summed E-state index contributed by atoms with van der Waals surface area (Å²) in [6, 6.07) is 0. The number of aliphatic carboxylic acids is 1. The van der Waals surface area contributed by atoms with Crippen molar-refractivity contribution >= 4 is 11.8 Å². The van der Waals surface area contributed by atoms with Crippen molar-refractivity contribution in [1.82, 2.24) is 0 Å². The van der Waals surface area contributed by atoms with E-state index in [1.807, 2.05) is 6.08 Å². The van der Waals surface area contributed by atoms with E-state index in [1.54, 1.807) is 0 Å². The molecule has 0 aromatic heterocycles. The number of unbranched alkanes of at least 4 members (excludes halogenated alkanes) is 5. The number of hydrogen-bond acceptors (Lipinski definition) is 3. The zero-order valence-electron chi connectivity index (χ0n) is 17.0. The van der Waals surface area contributed by atoms with Crippen LogP contribution in [0.25, 0.3) is 0 Å². The van der Waals surface area contributed by atoms with E-state index in [-0.39, 0.29) is 12.3 Å². The maximum Gasteiger partial charge on any atom is 0.303 e. The van der Waals surface area contributed by atoms with E-state index >= 15 is 0 Å². The summed E-state index contributed by atoms with van der Waals surface area (Å²) in [4.78, 5) is 23.0. The normalized spacial score (nSPS) is 30.7. The molecule has 0 radical (unpaired) electrons. The average Bonchev–Trinajstić information content (AvgIpc) is 2.91. The topological polar surface area (TPSA) is 74.6 Å². The number of Topliss-reactive ketones (excluding diaryl/α,β-unsaturated/α-hetero) is 1. The molecule has 0 unspecified atom stereocenters. The predicted octanol–water partition coefficient (Wildman–Crippen LogP) is 5.28. The minimum absolute atomic E-state index is 0.111. The van der Waals surface area contributed by atoms with Gasteiger partial charge in [-0.25, -0.2) is 0 Å². The summed E-state index contributed by atoms with van der Waals surface area (Å²) in [7, 11) is 0. The van der Waals surface area contributed by atoms with Crippen molar-refractivity contribution in [3.8, 4) is 0 Å². The van der Waals surface area contributed by atoms with Crippen molar-refractivity contribution < 1.29 is 19.8 Å². The first-order valence-electron chi connectivity index (χ1n) is 11.1. The SMILES string of the molecule is CCCCCCC[C@]1(O)CC[C@@H]2[C@H](CC(=O)[C@@H]2CC=CCCCC(=O)O)C1. The Morgan fingerprint density at radius 3 is 2.70 bits per heavy atom. The van der Waals surface area contributed by atoms with Gasteiger partial charge in [-0.1, -0.05) is 51.2 Å². The van der Waals surface area contributed by atoms with E-state index < -0.39 is 11.6 Å². The van der Waals surface area contributed by atoms with Crippen molar-refractivity contribution in [2.45, 2.75) is 102 Å². The molecule has 2 rings (SSSR count). The maximum atomic E-state index is 12.5. The molecule has 0 aromatic rings. The molecule has 2 saturated carbocycles. The monoisotopic (exact) mass is 378 g/mol. The van der Waals surface area contributed by atoms with E-state index in [2.05, 4.69) is 13.0 Å². The molecule has 0 aliphatic heterocycles. The van der Waals surface area contributed by atoms with Gasteiger partial charge < -0.3 is 10.2 Å². The standard InChI is InChI=1S/C23H38O4/c1-2-3-4-7-10-14-23(27)15-13-19-18(17-23)16-21(24)20(19)11-8-5-6-9-12-22(25)26/h5,8,18-20,27H,2-4,6-7,9-17H2,1H3,(H,25,26)/t18-,19-,20-,23+/m1/s1. The van der Waals surface area contributed by atoms with Gasteiger partial charge in [0.1, 0.15) is 5.78 Å². The average molecular weight is 379 g/mol. The summed E-state index contributed by atoms with van der Waals surface area (Å²) in [5.74, 6) is 0.517. The number of aliphatic hydroxyl groups is 1. The van der Waals surface area contributed by atoms with Crippen LogP contribution in [0.5, 0.6) is 0 Å². The van der Waals surface area contributed by atoms with Gasteiger partial charge >= 0.3 is 5.97 Å². The maximum absolute atomic E-state index is 12.5. The summed E-state index contributed by atoms with van der Waals surface area (Å²) >= 11 is 0. The van der Waals surface area contributed by atoms with Crippen molar-refractivity contribution in [3.05, 3.63) is 12.2 Å². The molecular weight excluding hydrogens is 340 g/mol. The van der Waals surface area contributed by atoms with E-state index in [0.29, 0.717) is 30.5 Å². The number of allylic oxidation sites excluding steroid dienone is 2. The van der Waals surface area contributed by atoms with Gasteiger partial charge in [-0.2, -0.15) is 0 Å². The van der Waals surface area contributed by atoms with Gasteiger partial charge in [0.2, 0.25) is 0 Å². The van der Waals surface area contributed by atoms with Gasteiger partial charge in [-0.3, -0.25) is 9.59 Å². The Labute approximate surface area is 164 Å². The Morgan fingerprint density at radius 2 is 1.96 bits per heavy atom. The molecule has 2 aliphatic rings. The largest absolute Gasteiger partial charge is 0.481 e. The van der Waals surface area contributed by atoms with E-state index in [9.17, 15) is 14.7 Å². The Bertz CT molecular complexity index is 513. The third-order valence-electron chi connectivity index (χ3n) is 6.65. The van der Waals surface area contributed by atoms with Gasteiger partial charge in [-0.05, 0) is 56.8 Å². The first kappa shape index (κ1) is 22.1. The van der Waals surface area contributed by atoms with Crippen molar-refractivity contribution in [2.24, 2.45) is 17.8 Å². The molecular formula is C23H38O4. The lowest BCUT2D eigenvalue weighted by molar-refractivity contribution is -0.137. The number of rotatable bonds is 12. The van der Waals surface area contributed by atoms with Crippen LogP contribution < -0.4 is 0 Å². The molecule has 0 saturated heterocycles. The van der Waals surface area contributed by atoms with E-state index in [1.165, 1.54) is 25.7 Å². The van der Waals surface area contributed by atoms with Crippen LogP contribution in [0.15, 0.2) is 12.2 Å². The highest BCUT2D eigenvalue weighted by molar-refractivity contribution is 5.84. The van der Waals surface area contributed by atoms with Gasteiger partial charge in [0.05, 0.1) is 5.60 Å². The molecule has 0 spiro atoms. The molecule has 4 nitrogen and oxygen atoms in total. The summed E-state index contributed by atoms with van der Waals surface area (Å²) in [5, 5.41) is 19.6. The Hall–Kier alpha value is -1.16. The summed E-state index contributed by atoms with van der Waals surface area (Å²) in [6.45, 7) is 2.22. The van der Waals surface area contributed by atoms with Crippen molar-refractivity contribution in [3.63, 3.8) is 0 Å². The molecule has 0 bridgehead atoms. The van der Waals surface area contributed by atoms with Crippen LogP contribution in [-0.4, -0.2) is 27.6 Å². The fourth-order valence-corrected chi connectivity index (χ4v) is 5.14. The lowest BCUT2D eigenvalue weighted by Gasteiger charge is -2.40. The summed E-state index contributed by atoms with van der Waals surface area (Å²) < 4.78 is 0. The predicted molar refractivity (Wildman–Crippen MR) is 108 cm³/mol. The van der Waals surface area contributed by atoms with Crippen LogP contribution in [0.1, 0.15) is 96.8 Å². The van der Waals surface area contributed by atoms with Crippen LogP contribution >= 0.6 is 0 Å². The fourth-order valence-electron chi connectivity index (χ4n) is 5.14. The number of carboxylic acids is 1. The van der Waals surface area contributed by atoms with Crippen LogP contribution in [-0.2, 0) is 9.59 Å². The lowest BCUT2D eigenvalue weighted by atomic mass is 9.69. The van der Waals surface area contributed by atoms with E-state index in [0.717, 1.165) is 44.9 Å². The minimum Gasteiger partial charge on any atom is -0.481 e. The minimum atomic E-state index is -0.753. The zero-order valence-corrected chi connectivity index (χ0v) is 17.0. The molecule has 0 aromatic carbocycles. The Balaban J connectivity index is 1.75. The highest BCUT2D eigenvalue weighted by Gasteiger charge is 2.48. The number of ketones is 1. The molecule has 154 valence electrons. The molecule has 0 amide bonds. The second kappa shape index (κ2) is 11.0. The second-order valence-corrected chi connectivity index (χ2v) is 8.83. The van der Waals surface area contributed by atoms with Gasteiger partial charge in [0, 0.05) is 18.8 Å². The van der Waals surface area contributed by atoms with Crippen LogP contribution in [0, 0.1) is 17.8 Å². The van der Waals surface area contributed by atoms with Crippen LogP contribution in [0.4, 0.5) is 0 Å². The highest BCUT2D eigenvalue weighted by atomic mass is 16.4. The number of carboxylic acid groups (broad SMARTS) is 1. The third-order valence-corrected chi connectivity index (χ3v) is 6.65. The molecule has 27 heavy (non-hydrogen) atoms. The zero-order chi connectivity index (χ0) is 19.7. The number of carbonyl (C=O) groups excluding carboxylic acids is 1. The van der Waals surface area contributed by atoms with Crippen LogP contribution in [0.2, 0.25) is 0 Å². The Kier molecular flexibility index (Phi) is 9.01. The summed E-state index contributed by atoms with van der Waals surface area (Å²) in [5.41, 5.74) is -0.546. The number of fused-ring (bicyclic) bond motifs is 1. The first-order valence-corrected chi connectivity index (χ1v) is 11.1.